The van der Waals surface area contributed by atoms with Crippen molar-refractivity contribution < 1.29 is 4.74 Å². The number of hydrogen-bond acceptors (Lipinski definition) is 5. The standard InChI is InChI=1S/C11H18N4O/c1-9(8-12)10-2-3-13-11(14-10)15-4-6-16-7-5-15/h2-3,9H,4-8,12H2,1H3. The van der Waals surface area contributed by atoms with Gasteiger partial charge < -0.3 is 15.4 Å². The van der Waals surface area contributed by atoms with Crippen molar-refractivity contribution in [3.05, 3.63) is 18.0 Å². The molecule has 1 saturated heterocycles. The predicted octanol–water partition coefficient (Wildman–Crippen LogP) is 0.375. The number of morpholine rings is 1. The third-order valence-corrected chi connectivity index (χ3v) is 2.82. The normalized spacial score (nSPS) is 18.5. The van der Waals surface area contributed by atoms with E-state index >= 15 is 0 Å². The Morgan fingerprint density at radius 1 is 1.50 bits per heavy atom. The Labute approximate surface area is 95.6 Å². The molecule has 88 valence electrons. The molecule has 0 spiro atoms. The van der Waals surface area contributed by atoms with E-state index in [0.29, 0.717) is 6.54 Å². The first-order valence-electron chi connectivity index (χ1n) is 5.67. The molecule has 2 heterocycles. The molecule has 5 heteroatoms. The van der Waals surface area contributed by atoms with Crippen LogP contribution in [0.5, 0.6) is 0 Å². The summed E-state index contributed by atoms with van der Waals surface area (Å²) < 4.78 is 5.30. The molecule has 1 aromatic heterocycles. The number of nitrogens with two attached hydrogens (primary N) is 1. The van der Waals surface area contributed by atoms with Crippen molar-refractivity contribution in [3.8, 4) is 0 Å². The molecule has 2 rings (SSSR count). The summed E-state index contributed by atoms with van der Waals surface area (Å²) in [5, 5.41) is 0. The van der Waals surface area contributed by atoms with Gasteiger partial charge in [-0.05, 0) is 6.07 Å². The smallest absolute Gasteiger partial charge is 0.225 e. The fraction of sp³-hybridized carbons (Fsp3) is 0.636. The van der Waals surface area contributed by atoms with Gasteiger partial charge in [0.15, 0.2) is 0 Å². The van der Waals surface area contributed by atoms with E-state index in [1.165, 1.54) is 0 Å². The van der Waals surface area contributed by atoms with E-state index < -0.39 is 0 Å². The summed E-state index contributed by atoms with van der Waals surface area (Å²) >= 11 is 0. The lowest BCUT2D eigenvalue weighted by atomic mass is 10.1. The fourth-order valence-electron chi connectivity index (χ4n) is 1.67. The van der Waals surface area contributed by atoms with Gasteiger partial charge >= 0.3 is 0 Å². The van der Waals surface area contributed by atoms with Crippen molar-refractivity contribution in [1.29, 1.82) is 0 Å². The van der Waals surface area contributed by atoms with E-state index in [-0.39, 0.29) is 5.92 Å². The molecule has 16 heavy (non-hydrogen) atoms. The Bertz CT molecular complexity index is 339. The summed E-state index contributed by atoms with van der Waals surface area (Å²) in [6.07, 6.45) is 1.80. The molecule has 1 aliphatic rings. The van der Waals surface area contributed by atoms with E-state index in [2.05, 4.69) is 21.8 Å². The number of nitrogens with zero attached hydrogens (tertiary/aromatic N) is 3. The van der Waals surface area contributed by atoms with Gasteiger partial charge in [0.2, 0.25) is 5.95 Å². The van der Waals surface area contributed by atoms with Crippen LogP contribution in [-0.4, -0.2) is 42.8 Å². The minimum absolute atomic E-state index is 0.280. The van der Waals surface area contributed by atoms with Gasteiger partial charge in [0, 0.05) is 31.7 Å². The van der Waals surface area contributed by atoms with E-state index in [1.54, 1.807) is 6.20 Å². The van der Waals surface area contributed by atoms with Gasteiger partial charge in [-0.3, -0.25) is 0 Å². The predicted molar refractivity (Wildman–Crippen MR) is 62.5 cm³/mol. The van der Waals surface area contributed by atoms with Crippen LogP contribution in [0.25, 0.3) is 0 Å². The molecule has 1 atom stereocenters. The fourth-order valence-corrected chi connectivity index (χ4v) is 1.67. The van der Waals surface area contributed by atoms with Crippen LogP contribution >= 0.6 is 0 Å². The molecule has 0 saturated carbocycles. The summed E-state index contributed by atoms with van der Waals surface area (Å²) in [6, 6.07) is 1.93. The van der Waals surface area contributed by atoms with Crippen molar-refractivity contribution in [2.24, 2.45) is 5.73 Å². The quantitative estimate of drug-likeness (QED) is 0.800. The highest BCUT2D eigenvalue weighted by Gasteiger charge is 2.15. The van der Waals surface area contributed by atoms with Crippen molar-refractivity contribution in [2.75, 3.05) is 37.7 Å². The first-order chi connectivity index (χ1) is 7.81. The lowest BCUT2D eigenvalue weighted by molar-refractivity contribution is 0.122. The topological polar surface area (TPSA) is 64.3 Å². The van der Waals surface area contributed by atoms with Crippen LogP contribution in [0.4, 0.5) is 5.95 Å². The van der Waals surface area contributed by atoms with Gasteiger partial charge in [0.1, 0.15) is 0 Å². The average molecular weight is 222 g/mol. The average Bonchev–Trinajstić information content (AvgIpc) is 2.39. The number of aromatic nitrogens is 2. The zero-order valence-corrected chi connectivity index (χ0v) is 9.59. The van der Waals surface area contributed by atoms with Crippen molar-refractivity contribution >= 4 is 5.95 Å². The highest BCUT2D eigenvalue weighted by Crippen LogP contribution is 2.15. The molecular formula is C11H18N4O. The van der Waals surface area contributed by atoms with Gasteiger partial charge in [-0.1, -0.05) is 6.92 Å². The minimum atomic E-state index is 0.280. The van der Waals surface area contributed by atoms with Crippen LogP contribution in [-0.2, 0) is 4.74 Å². The van der Waals surface area contributed by atoms with E-state index in [4.69, 9.17) is 10.5 Å². The Morgan fingerprint density at radius 2 is 2.25 bits per heavy atom. The first-order valence-corrected chi connectivity index (χ1v) is 5.67. The molecule has 0 radical (unpaired) electrons. The first kappa shape index (κ1) is 11.3. The molecule has 5 nitrogen and oxygen atoms in total. The second kappa shape index (κ2) is 5.23. The molecule has 0 aromatic carbocycles. The SMILES string of the molecule is CC(CN)c1ccnc(N2CCOCC2)n1. The summed E-state index contributed by atoms with van der Waals surface area (Å²) in [6.45, 7) is 5.91. The van der Waals surface area contributed by atoms with Crippen LogP contribution in [0.3, 0.4) is 0 Å². The van der Waals surface area contributed by atoms with Gasteiger partial charge in [-0.2, -0.15) is 0 Å². The lowest BCUT2D eigenvalue weighted by Gasteiger charge is -2.27. The Morgan fingerprint density at radius 3 is 2.94 bits per heavy atom. The summed E-state index contributed by atoms with van der Waals surface area (Å²) in [5.74, 6) is 1.07. The second-order valence-corrected chi connectivity index (χ2v) is 4.02. The van der Waals surface area contributed by atoms with Crippen molar-refractivity contribution in [1.82, 2.24) is 9.97 Å². The molecule has 1 fully saturated rings. The number of ether oxygens (including phenoxy) is 1. The largest absolute Gasteiger partial charge is 0.378 e. The van der Waals surface area contributed by atoms with Gasteiger partial charge in [0.05, 0.1) is 18.9 Å². The minimum Gasteiger partial charge on any atom is -0.378 e. The zero-order valence-electron chi connectivity index (χ0n) is 9.59. The highest BCUT2D eigenvalue weighted by atomic mass is 16.5. The molecule has 0 amide bonds. The molecule has 1 aromatic rings. The van der Waals surface area contributed by atoms with Crippen LogP contribution in [0.1, 0.15) is 18.5 Å². The van der Waals surface area contributed by atoms with Crippen molar-refractivity contribution in [3.63, 3.8) is 0 Å². The van der Waals surface area contributed by atoms with Gasteiger partial charge in [0.25, 0.3) is 0 Å². The van der Waals surface area contributed by atoms with Crippen LogP contribution in [0.2, 0.25) is 0 Å². The van der Waals surface area contributed by atoms with Crippen LogP contribution < -0.4 is 10.6 Å². The molecule has 1 aliphatic heterocycles. The maximum atomic E-state index is 5.64. The summed E-state index contributed by atoms with van der Waals surface area (Å²) in [5.41, 5.74) is 6.65. The number of hydrogen-bond donors (Lipinski definition) is 1. The van der Waals surface area contributed by atoms with Crippen molar-refractivity contribution in [2.45, 2.75) is 12.8 Å². The van der Waals surface area contributed by atoms with Crippen LogP contribution in [0.15, 0.2) is 12.3 Å². The zero-order chi connectivity index (χ0) is 11.4. The third kappa shape index (κ3) is 2.48. The summed E-state index contributed by atoms with van der Waals surface area (Å²) in [4.78, 5) is 11.0. The molecule has 2 N–H and O–H groups in total. The summed E-state index contributed by atoms with van der Waals surface area (Å²) in [7, 11) is 0. The third-order valence-electron chi connectivity index (χ3n) is 2.82. The second-order valence-electron chi connectivity index (χ2n) is 4.02. The van der Waals surface area contributed by atoms with E-state index in [9.17, 15) is 0 Å². The lowest BCUT2D eigenvalue weighted by Crippen LogP contribution is -2.37. The Hall–Kier alpha value is -1.20. The van der Waals surface area contributed by atoms with E-state index in [1.807, 2.05) is 6.07 Å². The molecule has 1 unspecified atom stereocenters. The van der Waals surface area contributed by atoms with Gasteiger partial charge in [-0.15, -0.1) is 0 Å². The van der Waals surface area contributed by atoms with Gasteiger partial charge in [-0.25, -0.2) is 9.97 Å². The monoisotopic (exact) mass is 222 g/mol. The Balaban J connectivity index is 2.14. The van der Waals surface area contributed by atoms with E-state index in [0.717, 1.165) is 37.9 Å². The number of anilines is 1. The maximum absolute atomic E-state index is 5.64. The molecule has 0 aliphatic carbocycles. The molecule has 0 bridgehead atoms. The molecular weight excluding hydrogens is 204 g/mol. The highest BCUT2D eigenvalue weighted by molar-refractivity contribution is 5.31. The maximum Gasteiger partial charge on any atom is 0.225 e. The van der Waals surface area contributed by atoms with Crippen LogP contribution in [0, 0.1) is 0 Å². The Kier molecular flexibility index (Phi) is 3.69. The number of rotatable bonds is 3.